The van der Waals surface area contributed by atoms with Gasteiger partial charge in [0, 0.05) is 43.7 Å². The Bertz CT molecular complexity index is 853. The molecule has 2 aliphatic heterocycles. The molecular weight excluding hydrogens is 358 g/mol. The predicted molar refractivity (Wildman–Crippen MR) is 102 cm³/mol. The van der Waals surface area contributed by atoms with Crippen molar-refractivity contribution in [3.05, 3.63) is 30.3 Å². The third-order valence-corrected chi connectivity index (χ3v) is 5.84. The Hall–Kier alpha value is -2.81. The second kappa shape index (κ2) is 7.67. The smallest absolute Gasteiger partial charge is 0.246 e. The average molecular weight is 383 g/mol. The number of rotatable bonds is 3. The van der Waals surface area contributed by atoms with Gasteiger partial charge in [-0.3, -0.25) is 14.5 Å². The van der Waals surface area contributed by atoms with Gasteiger partial charge in [-0.2, -0.15) is 4.80 Å². The number of nitrogens with zero attached hydrogens (tertiary/aromatic N) is 6. The third kappa shape index (κ3) is 3.75. The minimum Gasteiger partial charge on any atom is -0.356 e. The SMILES string of the molecule is CN1CCN(C(=O)Cn2nnc(-c3ccccc3)n2)C[C@@]12CCNC(=O)CC2. The molecule has 2 aliphatic rings. The molecule has 1 aromatic carbocycles. The van der Waals surface area contributed by atoms with Crippen molar-refractivity contribution in [2.75, 3.05) is 33.2 Å². The van der Waals surface area contributed by atoms with Crippen LogP contribution in [0.25, 0.3) is 11.4 Å². The Balaban J connectivity index is 1.43. The Morgan fingerprint density at radius 1 is 1.21 bits per heavy atom. The van der Waals surface area contributed by atoms with Gasteiger partial charge in [-0.05, 0) is 25.1 Å². The Kier molecular flexibility index (Phi) is 5.08. The molecule has 28 heavy (non-hydrogen) atoms. The summed E-state index contributed by atoms with van der Waals surface area (Å²) in [5.41, 5.74) is 0.716. The van der Waals surface area contributed by atoms with Gasteiger partial charge in [0.2, 0.25) is 17.6 Å². The van der Waals surface area contributed by atoms with E-state index < -0.39 is 0 Å². The fourth-order valence-corrected chi connectivity index (χ4v) is 4.04. The summed E-state index contributed by atoms with van der Waals surface area (Å²) in [6.45, 7) is 2.79. The summed E-state index contributed by atoms with van der Waals surface area (Å²) in [4.78, 5) is 30.2. The lowest BCUT2D eigenvalue weighted by molar-refractivity contribution is -0.138. The van der Waals surface area contributed by atoms with Gasteiger partial charge in [0.1, 0.15) is 6.54 Å². The van der Waals surface area contributed by atoms with E-state index in [-0.39, 0.29) is 23.9 Å². The van der Waals surface area contributed by atoms with E-state index in [1.165, 1.54) is 4.80 Å². The molecular formula is C19H25N7O2. The molecule has 0 saturated carbocycles. The van der Waals surface area contributed by atoms with E-state index in [0.29, 0.717) is 31.9 Å². The minimum absolute atomic E-state index is 0.0204. The van der Waals surface area contributed by atoms with Crippen molar-refractivity contribution < 1.29 is 9.59 Å². The van der Waals surface area contributed by atoms with Crippen LogP contribution in [-0.2, 0) is 16.1 Å². The van der Waals surface area contributed by atoms with Crippen LogP contribution in [0.2, 0.25) is 0 Å². The quantitative estimate of drug-likeness (QED) is 0.811. The molecule has 0 radical (unpaired) electrons. The molecule has 2 amide bonds. The van der Waals surface area contributed by atoms with E-state index in [0.717, 1.165) is 24.9 Å². The Labute approximate surface area is 163 Å². The zero-order valence-corrected chi connectivity index (χ0v) is 16.0. The molecule has 2 aromatic rings. The molecule has 2 saturated heterocycles. The van der Waals surface area contributed by atoms with Crippen LogP contribution < -0.4 is 5.32 Å². The molecule has 0 aliphatic carbocycles. The number of tetrazole rings is 1. The van der Waals surface area contributed by atoms with Crippen LogP contribution in [-0.4, -0.2) is 80.6 Å². The van der Waals surface area contributed by atoms with E-state index in [1.807, 2.05) is 35.2 Å². The van der Waals surface area contributed by atoms with Crippen LogP contribution in [0.5, 0.6) is 0 Å². The van der Waals surface area contributed by atoms with Crippen molar-refractivity contribution in [3.63, 3.8) is 0 Å². The molecule has 9 heteroatoms. The summed E-state index contributed by atoms with van der Waals surface area (Å²) in [6.07, 6.45) is 2.11. The molecule has 1 atom stereocenters. The van der Waals surface area contributed by atoms with Gasteiger partial charge in [-0.25, -0.2) is 0 Å². The summed E-state index contributed by atoms with van der Waals surface area (Å²) in [7, 11) is 2.09. The predicted octanol–water partition coefficient (Wildman–Crippen LogP) is 0.153. The maximum atomic E-state index is 12.9. The van der Waals surface area contributed by atoms with E-state index in [4.69, 9.17) is 0 Å². The van der Waals surface area contributed by atoms with E-state index in [1.54, 1.807) is 0 Å². The first-order valence-electron chi connectivity index (χ1n) is 9.65. The number of hydrogen-bond donors (Lipinski definition) is 1. The van der Waals surface area contributed by atoms with Gasteiger partial charge >= 0.3 is 0 Å². The zero-order valence-electron chi connectivity index (χ0n) is 16.0. The fourth-order valence-electron chi connectivity index (χ4n) is 4.04. The first-order valence-corrected chi connectivity index (χ1v) is 9.65. The van der Waals surface area contributed by atoms with Crippen molar-refractivity contribution in [1.29, 1.82) is 0 Å². The first-order chi connectivity index (χ1) is 13.6. The number of benzene rings is 1. The van der Waals surface area contributed by atoms with E-state index in [9.17, 15) is 9.59 Å². The third-order valence-electron chi connectivity index (χ3n) is 5.84. The topological polar surface area (TPSA) is 96.2 Å². The summed E-state index contributed by atoms with van der Waals surface area (Å²) >= 11 is 0. The first kappa shape index (κ1) is 18.5. The van der Waals surface area contributed by atoms with Crippen LogP contribution in [0.1, 0.15) is 19.3 Å². The fraction of sp³-hybridized carbons (Fsp3) is 0.526. The molecule has 1 N–H and O–H groups in total. The molecule has 148 valence electrons. The maximum absolute atomic E-state index is 12.9. The van der Waals surface area contributed by atoms with Gasteiger partial charge in [-0.15, -0.1) is 10.2 Å². The Morgan fingerprint density at radius 3 is 2.86 bits per heavy atom. The number of hydrogen-bond acceptors (Lipinski definition) is 6. The number of carbonyl (C=O) groups excluding carboxylic acids is 2. The second-order valence-electron chi connectivity index (χ2n) is 7.57. The van der Waals surface area contributed by atoms with Crippen molar-refractivity contribution >= 4 is 11.8 Å². The normalized spacial score (nSPS) is 23.5. The molecule has 3 heterocycles. The van der Waals surface area contributed by atoms with Crippen molar-refractivity contribution in [3.8, 4) is 11.4 Å². The second-order valence-corrected chi connectivity index (χ2v) is 7.57. The van der Waals surface area contributed by atoms with Crippen LogP contribution in [0.4, 0.5) is 0 Å². The van der Waals surface area contributed by atoms with Gasteiger partial charge in [0.05, 0.1) is 0 Å². The molecule has 2 fully saturated rings. The maximum Gasteiger partial charge on any atom is 0.246 e. The zero-order chi connectivity index (χ0) is 19.6. The molecule has 1 spiro atoms. The molecule has 1 aromatic heterocycles. The van der Waals surface area contributed by atoms with Gasteiger partial charge in [0.15, 0.2) is 0 Å². The summed E-state index contributed by atoms with van der Waals surface area (Å²) < 4.78 is 0. The number of piperazine rings is 1. The highest BCUT2D eigenvalue weighted by molar-refractivity contribution is 5.77. The van der Waals surface area contributed by atoms with Gasteiger partial charge in [0.25, 0.3) is 0 Å². The van der Waals surface area contributed by atoms with Crippen molar-refractivity contribution in [1.82, 2.24) is 35.3 Å². The lowest BCUT2D eigenvalue weighted by atomic mass is 9.86. The standard InChI is InChI=1S/C19H25N7O2/c1-24-11-12-25(14-19(24)8-7-16(27)20-10-9-19)17(28)13-26-22-18(21-23-26)15-5-3-2-4-6-15/h2-6H,7-14H2,1H3,(H,20,27)/t19-/m1/s1. The number of amides is 2. The largest absolute Gasteiger partial charge is 0.356 e. The van der Waals surface area contributed by atoms with Gasteiger partial charge < -0.3 is 10.2 Å². The molecule has 0 bridgehead atoms. The number of aromatic nitrogens is 4. The summed E-state index contributed by atoms with van der Waals surface area (Å²) in [5, 5.41) is 15.4. The van der Waals surface area contributed by atoms with Crippen LogP contribution >= 0.6 is 0 Å². The van der Waals surface area contributed by atoms with Crippen LogP contribution in [0, 0.1) is 0 Å². The average Bonchev–Trinajstić information content (AvgIpc) is 3.09. The highest BCUT2D eigenvalue weighted by Gasteiger charge is 2.42. The number of likely N-dealkylation sites (N-methyl/N-ethyl adjacent to an activating group) is 1. The molecule has 0 unspecified atom stereocenters. The lowest BCUT2D eigenvalue weighted by Crippen LogP contribution is -2.62. The van der Waals surface area contributed by atoms with Crippen LogP contribution in [0.15, 0.2) is 30.3 Å². The number of nitrogens with one attached hydrogen (secondary N) is 1. The monoisotopic (exact) mass is 383 g/mol. The number of carbonyl (C=O) groups is 2. The lowest BCUT2D eigenvalue weighted by Gasteiger charge is -2.49. The highest BCUT2D eigenvalue weighted by Crippen LogP contribution is 2.30. The summed E-state index contributed by atoms with van der Waals surface area (Å²) in [6, 6.07) is 9.58. The van der Waals surface area contributed by atoms with Gasteiger partial charge in [-0.1, -0.05) is 30.3 Å². The Morgan fingerprint density at radius 2 is 2.04 bits per heavy atom. The van der Waals surface area contributed by atoms with Crippen molar-refractivity contribution in [2.45, 2.75) is 31.3 Å². The summed E-state index contributed by atoms with van der Waals surface area (Å²) in [5.74, 6) is 0.582. The molecule has 9 nitrogen and oxygen atoms in total. The van der Waals surface area contributed by atoms with Crippen molar-refractivity contribution in [2.24, 2.45) is 0 Å². The van der Waals surface area contributed by atoms with E-state index >= 15 is 0 Å². The van der Waals surface area contributed by atoms with E-state index in [2.05, 4.69) is 32.7 Å². The highest BCUT2D eigenvalue weighted by atomic mass is 16.2. The minimum atomic E-state index is -0.155. The molecule has 4 rings (SSSR count). The van der Waals surface area contributed by atoms with Crippen LogP contribution in [0.3, 0.4) is 0 Å².